The highest BCUT2D eigenvalue weighted by molar-refractivity contribution is 6.26. The van der Waals surface area contributed by atoms with Crippen LogP contribution in [0.15, 0.2) is 24.3 Å². The zero-order valence-corrected chi connectivity index (χ0v) is 17.8. The molecule has 0 spiro atoms. The van der Waals surface area contributed by atoms with Crippen molar-refractivity contribution in [2.24, 2.45) is 0 Å². The van der Waals surface area contributed by atoms with Crippen LogP contribution < -0.4 is 10.6 Å². The van der Waals surface area contributed by atoms with Crippen molar-refractivity contribution in [1.82, 2.24) is 5.32 Å². The van der Waals surface area contributed by atoms with Gasteiger partial charge in [-0.1, -0.05) is 57.6 Å². The number of imide groups is 1. The van der Waals surface area contributed by atoms with E-state index in [1.54, 1.807) is 6.07 Å². The highest BCUT2D eigenvalue weighted by Gasteiger charge is 2.32. The average molecular weight is 409 g/mol. The highest BCUT2D eigenvalue weighted by Crippen LogP contribution is 2.42. The number of aliphatic hydroxyl groups is 1. The van der Waals surface area contributed by atoms with Gasteiger partial charge in [0, 0.05) is 22.7 Å². The van der Waals surface area contributed by atoms with Gasteiger partial charge < -0.3 is 10.4 Å². The molecule has 5 heteroatoms. The van der Waals surface area contributed by atoms with Crippen molar-refractivity contribution < 1.29 is 14.7 Å². The molecule has 2 amide bonds. The Labute approximate surface area is 178 Å². The van der Waals surface area contributed by atoms with Crippen LogP contribution in [-0.2, 0) is 0 Å². The Morgan fingerprint density at radius 2 is 1.83 bits per heavy atom. The van der Waals surface area contributed by atoms with Crippen LogP contribution >= 0.6 is 0 Å². The Balaban J connectivity index is 1.92. The van der Waals surface area contributed by atoms with Gasteiger partial charge in [0.1, 0.15) is 0 Å². The molecule has 0 bridgehead atoms. The number of carbonyl (C=O) groups excluding carboxylic acids is 2. The van der Waals surface area contributed by atoms with Crippen LogP contribution in [0.5, 0.6) is 0 Å². The maximum atomic E-state index is 13.1. The van der Waals surface area contributed by atoms with E-state index in [0.717, 1.165) is 60.5 Å². The summed E-state index contributed by atoms with van der Waals surface area (Å²) in [6.45, 7) is 2.16. The molecule has 1 aliphatic carbocycles. The lowest BCUT2D eigenvalue weighted by Crippen LogP contribution is -2.36. The van der Waals surface area contributed by atoms with E-state index in [4.69, 9.17) is 0 Å². The molecule has 160 valence electrons. The van der Waals surface area contributed by atoms with Gasteiger partial charge in [-0.2, -0.15) is 0 Å². The molecule has 2 aliphatic rings. The lowest BCUT2D eigenvalue weighted by atomic mass is 9.79. The first-order valence-electron chi connectivity index (χ1n) is 11.5. The molecule has 1 fully saturated rings. The number of hydrogen-bond acceptors (Lipinski definition) is 4. The van der Waals surface area contributed by atoms with Crippen molar-refractivity contribution in [3.05, 3.63) is 41.0 Å². The van der Waals surface area contributed by atoms with Gasteiger partial charge in [0.15, 0.2) is 0 Å². The minimum absolute atomic E-state index is 0.0516. The van der Waals surface area contributed by atoms with E-state index in [9.17, 15) is 14.7 Å². The number of carbonyl (C=O) groups is 2. The summed E-state index contributed by atoms with van der Waals surface area (Å²) in [4.78, 5) is 25.6. The monoisotopic (exact) mass is 408 g/mol. The van der Waals surface area contributed by atoms with Gasteiger partial charge in [0.25, 0.3) is 11.8 Å². The normalized spacial score (nSPS) is 18.6. The SMILES string of the molecule is CCCC(CO)Nc1cc2cccc3c2c(c1C1CCCCCCC1)C(=O)NC3=O. The maximum absolute atomic E-state index is 13.1. The number of anilines is 1. The Hall–Kier alpha value is -2.40. The van der Waals surface area contributed by atoms with E-state index in [0.29, 0.717) is 11.1 Å². The maximum Gasteiger partial charge on any atom is 0.259 e. The Bertz CT molecular complexity index is 945. The molecule has 0 saturated heterocycles. The molecule has 5 nitrogen and oxygen atoms in total. The summed E-state index contributed by atoms with van der Waals surface area (Å²) >= 11 is 0. The number of amides is 2. The van der Waals surface area contributed by atoms with Crippen molar-refractivity contribution >= 4 is 28.3 Å². The Morgan fingerprint density at radius 1 is 1.10 bits per heavy atom. The van der Waals surface area contributed by atoms with E-state index in [-0.39, 0.29) is 30.4 Å². The Morgan fingerprint density at radius 3 is 2.53 bits per heavy atom. The molecule has 4 rings (SSSR count). The van der Waals surface area contributed by atoms with Gasteiger partial charge in [-0.3, -0.25) is 14.9 Å². The van der Waals surface area contributed by atoms with E-state index in [2.05, 4.69) is 23.6 Å². The summed E-state index contributed by atoms with van der Waals surface area (Å²) in [6, 6.07) is 7.67. The lowest BCUT2D eigenvalue weighted by Gasteiger charge is -2.30. The van der Waals surface area contributed by atoms with Gasteiger partial charge in [-0.15, -0.1) is 0 Å². The molecule has 0 aromatic heterocycles. The molecule has 1 unspecified atom stereocenters. The molecule has 1 heterocycles. The number of nitrogens with one attached hydrogen (secondary N) is 2. The van der Waals surface area contributed by atoms with Crippen LogP contribution in [0, 0.1) is 0 Å². The van der Waals surface area contributed by atoms with Crippen LogP contribution in [0.2, 0.25) is 0 Å². The summed E-state index contributed by atoms with van der Waals surface area (Å²) in [5, 5.41) is 17.7. The summed E-state index contributed by atoms with van der Waals surface area (Å²) < 4.78 is 0. The van der Waals surface area contributed by atoms with Crippen LogP contribution in [-0.4, -0.2) is 29.6 Å². The van der Waals surface area contributed by atoms with Crippen LogP contribution in [0.25, 0.3) is 10.8 Å². The second kappa shape index (κ2) is 9.17. The molecule has 1 aliphatic heterocycles. The van der Waals surface area contributed by atoms with Crippen molar-refractivity contribution in [2.45, 2.75) is 76.7 Å². The van der Waals surface area contributed by atoms with Gasteiger partial charge in [-0.25, -0.2) is 0 Å². The fraction of sp³-hybridized carbons (Fsp3) is 0.520. The summed E-state index contributed by atoms with van der Waals surface area (Å²) in [7, 11) is 0. The second-order valence-corrected chi connectivity index (χ2v) is 8.75. The first kappa shape index (κ1) is 20.9. The Kier molecular flexibility index (Phi) is 6.38. The quantitative estimate of drug-likeness (QED) is 0.580. The minimum Gasteiger partial charge on any atom is -0.394 e. The molecule has 2 aromatic rings. The first-order chi connectivity index (χ1) is 14.6. The fourth-order valence-corrected chi connectivity index (χ4v) is 5.20. The topological polar surface area (TPSA) is 78.4 Å². The van der Waals surface area contributed by atoms with E-state index in [1.807, 2.05) is 12.1 Å². The third-order valence-electron chi connectivity index (χ3n) is 6.64. The lowest BCUT2D eigenvalue weighted by molar-refractivity contribution is 0.0844. The standard InChI is InChI=1S/C25H32N2O3/c1-2-9-18(15-28)26-20-14-17-12-8-13-19-21(17)23(25(30)27-24(19)29)22(20)16-10-6-4-3-5-7-11-16/h8,12-14,16,18,26,28H,2-7,9-11,15H2,1H3,(H,27,29,30). The summed E-state index contributed by atoms with van der Waals surface area (Å²) in [5.74, 6) is -0.331. The van der Waals surface area contributed by atoms with E-state index in [1.165, 1.54) is 19.3 Å². The molecule has 3 N–H and O–H groups in total. The largest absolute Gasteiger partial charge is 0.394 e. The van der Waals surface area contributed by atoms with Crippen LogP contribution in [0.3, 0.4) is 0 Å². The second-order valence-electron chi connectivity index (χ2n) is 8.75. The molecule has 1 saturated carbocycles. The first-order valence-corrected chi connectivity index (χ1v) is 11.5. The van der Waals surface area contributed by atoms with E-state index >= 15 is 0 Å². The number of aliphatic hydroxyl groups excluding tert-OH is 1. The van der Waals surface area contributed by atoms with Crippen molar-refractivity contribution in [3.63, 3.8) is 0 Å². The molecule has 2 aromatic carbocycles. The fourth-order valence-electron chi connectivity index (χ4n) is 5.20. The minimum atomic E-state index is -0.318. The zero-order chi connectivity index (χ0) is 21.1. The third-order valence-corrected chi connectivity index (χ3v) is 6.64. The number of rotatable bonds is 6. The smallest absolute Gasteiger partial charge is 0.259 e. The van der Waals surface area contributed by atoms with E-state index < -0.39 is 0 Å². The van der Waals surface area contributed by atoms with Gasteiger partial charge in [-0.05, 0) is 48.3 Å². The summed E-state index contributed by atoms with van der Waals surface area (Å²) in [6.07, 6.45) is 9.98. The van der Waals surface area contributed by atoms with Crippen molar-refractivity contribution in [1.29, 1.82) is 0 Å². The number of hydrogen-bond donors (Lipinski definition) is 3. The van der Waals surface area contributed by atoms with Crippen LogP contribution in [0.1, 0.15) is 96.9 Å². The summed E-state index contributed by atoms with van der Waals surface area (Å²) in [5.41, 5.74) is 3.21. The number of benzene rings is 2. The highest BCUT2D eigenvalue weighted by atomic mass is 16.3. The van der Waals surface area contributed by atoms with Crippen LogP contribution in [0.4, 0.5) is 5.69 Å². The molecule has 0 radical (unpaired) electrons. The van der Waals surface area contributed by atoms with Gasteiger partial charge in [0.05, 0.1) is 12.2 Å². The predicted octanol–water partition coefficient (Wildman–Crippen LogP) is 5.12. The average Bonchev–Trinajstić information content (AvgIpc) is 2.71. The van der Waals surface area contributed by atoms with Gasteiger partial charge >= 0.3 is 0 Å². The molecular weight excluding hydrogens is 376 g/mol. The molecule has 30 heavy (non-hydrogen) atoms. The van der Waals surface area contributed by atoms with Crippen molar-refractivity contribution in [3.8, 4) is 0 Å². The third kappa shape index (κ3) is 3.95. The van der Waals surface area contributed by atoms with Gasteiger partial charge in [0.2, 0.25) is 0 Å². The molecule has 1 atom stereocenters. The predicted molar refractivity (Wildman–Crippen MR) is 120 cm³/mol. The van der Waals surface area contributed by atoms with Crippen molar-refractivity contribution in [2.75, 3.05) is 11.9 Å². The molecular formula is C25H32N2O3. The zero-order valence-electron chi connectivity index (χ0n) is 17.8.